The molecule has 3 rings (SSSR count). The fraction of sp³-hybridized carbons (Fsp3) is 0.619. The van der Waals surface area contributed by atoms with Crippen LogP contribution in [0.1, 0.15) is 56.6 Å². The quantitative estimate of drug-likeness (QED) is 0.851. The SMILES string of the molecule is N#CC1(NC(=O)CN2CCC(C(O)c3ccccc3)CC2)CCCCC1. The number of carbonyl (C=O) groups excluding carboxylic acids is 1. The molecule has 0 radical (unpaired) electrons. The lowest BCUT2D eigenvalue weighted by atomic mass is 9.83. The molecule has 1 aliphatic heterocycles. The van der Waals surface area contributed by atoms with Gasteiger partial charge < -0.3 is 10.4 Å². The monoisotopic (exact) mass is 355 g/mol. The highest BCUT2D eigenvalue weighted by Gasteiger charge is 2.34. The number of piperidine rings is 1. The van der Waals surface area contributed by atoms with Crippen molar-refractivity contribution in [3.05, 3.63) is 35.9 Å². The summed E-state index contributed by atoms with van der Waals surface area (Å²) >= 11 is 0. The van der Waals surface area contributed by atoms with E-state index in [-0.39, 0.29) is 11.8 Å². The maximum Gasteiger partial charge on any atom is 0.235 e. The molecule has 1 saturated heterocycles. The summed E-state index contributed by atoms with van der Waals surface area (Å²) in [6.45, 7) is 1.96. The number of carbonyl (C=O) groups is 1. The molecule has 0 aromatic heterocycles. The third-order valence-electron chi connectivity index (χ3n) is 5.89. The van der Waals surface area contributed by atoms with Crippen molar-refractivity contribution in [3.63, 3.8) is 0 Å². The number of hydrogen-bond donors (Lipinski definition) is 2. The smallest absolute Gasteiger partial charge is 0.235 e. The predicted molar refractivity (Wildman–Crippen MR) is 100 cm³/mol. The van der Waals surface area contributed by atoms with Crippen LogP contribution in [0.2, 0.25) is 0 Å². The van der Waals surface area contributed by atoms with E-state index in [9.17, 15) is 15.2 Å². The van der Waals surface area contributed by atoms with Gasteiger partial charge in [-0.25, -0.2) is 0 Å². The number of aliphatic hydroxyl groups excluding tert-OH is 1. The minimum Gasteiger partial charge on any atom is -0.388 e. The molecular formula is C21H29N3O2. The van der Waals surface area contributed by atoms with Gasteiger partial charge >= 0.3 is 0 Å². The fourth-order valence-corrected chi connectivity index (χ4v) is 4.28. The van der Waals surface area contributed by atoms with E-state index in [1.165, 1.54) is 0 Å². The van der Waals surface area contributed by atoms with Crippen molar-refractivity contribution >= 4 is 5.91 Å². The van der Waals surface area contributed by atoms with Gasteiger partial charge in [-0.2, -0.15) is 5.26 Å². The molecule has 26 heavy (non-hydrogen) atoms. The van der Waals surface area contributed by atoms with Crippen molar-refractivity contribution in [1.29, 1.82) is 5.26 Å². The summed E-state index contributed by atoms with van der Waals surface area (Å²) in [5.41, 5.74) is 0.314. The largest absolute Gasteiger partial charge is 0.388 e. The zero-order valence-corrected chi connectivity index (χ0v) is 15.4. The summed E-state index contributed by atoms with van der Waals surface area (Å²) in [4.78, 5) is 14.6. The highest BCUT2D eigenvalue weighted by atomic mass is 16.3. The van der Waals surface area contributed by atoms with Crippen LogP contribution in [-0.2, 0) is 4.79 Å². The minimum atomic E-state index is -0.656. The molecule has 5 heteroatoms. The molecule has 0 spiro atoms. The van der Waals surface area contributed by atoms with Crippen LogP contribution in [0.3, 0.4) is 0 Å². The number of hydrogen-bond acceptors (Lipinski definition) is 4. The summed E-state index contributed by atoms with van der Waals surface area (Å²) in [6.07, 6.45) is 6.03. The van der Waals surface area contributed by atoms with Crippen LogP contribution in [0.15, 0.2) is 30.3 Å². The Kier molecular flexibility index (Phi) is 6.29. The summed E-state index contributed by atoms with van der Waals surface area (Å²) in [5.74, 6) is 0.191. The molecule has 2 N–H and O–H groups in total. The Balaban J connectivity index is 1.46. The van der Waals surface area contributed by atoms with Gasteiger partial charge in [0.2, 0.25) is 5.91 Å². The van der Waals surface area contributed by atoms with Crippen molar-refractivity contribution < 1.29 is 9.90 Å². The maximum absolute atomic E-state index is 12.4. The second-order valence-corrected chi connectivity index (χ2v) is 7.77. The standard InChI is InChI=1S/C21H29N3O2/c22-16-21(11-5-2-6-12-21)23-19(25)15-24-13-9-18(10-14-24)20(26)17-7-3-1-4-8-17/h1,3-4,7-8,18,20,26H,2,5-6,9-15H2,(H,23,25). The van der Waals surface area contributed by atoms with Crippen LogP contribution >= 0.6 is 0 Å². The first-order chi connectivity index (χ1) is 12.6. The number of likely N-dealkylation sites (tertiary alicyclic amines) is 1. The first-order valence-electron chi connectivity index (χ1n) is 9.79. The molecule has 0 bridgehead atoms. The van der Waals surface area contributed by atoms with E-state index in [0.29, 0.717) is 6.54 Å². The molecule has 1 aliphatic carbocycles. The molecular weight excluding hydrogens is 326 g/mol. The normalized spacial score (nSPS) is 22.3. The van der Waals surface area contributed by atoms with E-state index < -0.39 is 11.6 Å². The van der Waals surface area contributed by atoms with Crippen LogP contribution in [0.25, 0.3) is 0 Å². The van der Waals surface area contributed by atoms with Crippen LogP contribution in [-0.4, -0.2) is 41.1 Å². The van der Waals surface area contributed by atoms with Crippen molar-refractivity contribution in [2.45, 2.75) is 56.6 Å². The van der Waals surface area contributed by atoms with E-state index in [4.69, 9.17) is 0 Å². The number of nitriles is 1. The van der Waals surface area contributed by atoms with Gasteiger partial charge in [0.05, 0.1) is 18.7 Å². The van der Waals surface area contributed by atoms with Gasteiger partial charge in [0.25, 0.3) is 0 Å². The summed E-state index contributed by atoms with van der Waals surface area (Å²) < 4.78 is 0. The second-order valence-electron chi connectivity index (χ2n) is 7.77. The number of nitrogens with one attached hydrogen (secondary N) is 1. The van der Waals surface area contributed by atoms with Crippen molar-refractivity contribution in [2.24, 2.45) is 5.92 Å². The number of nitrogens with zero attached hydrogens (tertiary/aromatic N) is 2. The average Bonchev–Trinajstić information content (AvgIpc) is 2.69. The number of amides is 1. The zero-order chi connectivity index (χ0) is 18.4. The molecule has 1 aromatic rings. The summed E-state index contributed by atoms with van der Waals surface area (Å²) in [5, 5.41) is 23.1. The lowest BCUT2D eigenvalue weighted by Crippen LogP contribution is -2.52. The van der Waals surface area contributed by atoms with Crippen molar-refractivity contribution in [1.82, 2.24) is 10.2 Å². The van der Waals surface area contributed by atoms with Crippen LogP contribution in [0, 0.1) is 17.2 Å². The lowest BCUT2D eigenvalue weighted by molar-refractivity contribution is -0.124. The maximum atomic E-state index is 12.4. The van der Waals surface area contributed by atoms with Gasteiger partial charge in [0.1, 0.15) is 5.54 Å². The Morgan fingerprint density at radius 1 is 1.23 bits per heavy atom. The molecule has 1 saturated carbocycles. The number of aliphatic hydroxyl groups is 1. The van der Waals surface area contributed by atoms with Gasteiger partial charge in [0.15, 0.2) is 0 Å². The lowest BCUT2D eigenvalue weighted by Gasteiger charge is -2.35. The minimum absolute atomic E-state index is 0.0458. The molecule has 140 valence electrons. The van der Waals surface area contributed by atoms with E-state index in [1.54, 1.807) is 0 Å². The second kappa shape index (κ2) is 8.66. The Hall–Kier alpha value is -1.90. The average molecular weight is 355 g/mol. The first kappa shape index (κ1) is 18.9. The molecule has 2 fully saturated rings. The van der Waals surface area contributed by atoms with Crippen LogP contribution in [0.5, 0.6) is 0 Å². The highest BCUT2D eigenvalue weighted by Crippen LogP contribution is 2.31. The van der Waals surface area contributed by atoms with Gasteiger partial charge in [-0.1, -0.05) is 49.6 Å². The first-order valence-corrected chi connectivity index (χ1v) is 9.79. The molecule has 1 heterocycles. The van der Waals surface area contributed by atoms with E-state index in [0.717, 1.165) is 63.6 Å². The highest BCUT2D eigenvalue weighted by molar-refractivity contribution is 5.79. The third-order valence-corrected chi connectivity index (χ3v) is 5.89. The van der Waals surface area contributed by atoms with E-state index in [1.807, 2.05) is 30.3 Å². The Labute approximate surface area is 156 Å². The van der Waals surface area contributed by atoms with Crippen molar-refractivity contribution in [2.75, 3.05) is 19.6 Å². The van der Waals surface area contributed by atoms with Crippen LogP contribution in [0.4, 0.5) is 0 Å². The number of benzene rings is 1. The molecule has 5 nitrogen and oxygen atoms in total. The van der Waals surface area contributed by atoms with E-state index in [2.05, 4.69) is 16.3 Å². The van der Waals surface area contributed by atoms with Gasteiger partial charge in [-0.15, -0.1) is 0 Å². The Bertz CT molecular complexity index is 626. The molecule has 1 atom stereocenters. The molecule has 1 amide bonds. The fourth-order valence-electron chi connectivity index (χ4n) is 4.28. The molecule has 1 unspecified atom stereocenters. The predicted octanol–water partition coefficient (Wildman–Crippen LogP) is 2.77. The number of rotatable bonds is 5. The molecule has 2 aliphatic rings. The van der Waals surface area contributed by atoms with E-state index >= 15 is 0 Å². The Morgan fingerprint density at radius 3 is 2.50 bits per heavy atom. The zero-order valence-electron chi connectivity index (χ0n) is 15.4. The topological polar surface area (TPSA) is 76.4 Å². The van der Waals surface area contributed by atoms with Crippen molar-refractivity contribution in [3.8, 4) is 6.07 Å². The molecule has 1 aromatic carbocycles. The summed E-state index contributed by atoms with van der Waals surface area (Å²) in [6, 6.07) is 12.1. The third kappa shape index (κ3) is 4.63. The van der Waals surface area contributed by atoms with Gasteiger partial charge in [-0.05, 0) is 50.3 Å². The van der Waals surface area contributed by atoms with Gasteiger partial charge in [0, 0.05) is 0 Å². The Morgan fingerprint density at radius 2 is 1.88 bits per heavy atom. The van der Waals surface area contributed by atoms with Gasteiger partial charge in [-0.3, -0.25) is 9.69 Å². The van der Waals surface area contributed by atoms with Crippen LogP contribution < -0.4 is 5.32 Å². The summed E-state index contributed by atoms with van der Waals surface area (Å²) in [7, 11) is 0.